The van der Waals surface area contributed by atoms with E-state index in [9.17, 15) is 4.79 Å². The molecule has 1 atom stereocenters. The van der Waals surface area contributed by atoms with E-state index in [1.807, 2.05) is 12.1 Å². The number of amides is 1. The van der Waals surface area contributed by atoms with Crippen molar-refractivity contribution < 1.29 is 4.79 Å². The van der Waals surface area contributed by atoms with Gasteiger partial charge in [-0.05, 0) is 50.2 Å². The minimum atomic E-state index is -0.0815. The van der Waals surface area contributed by atoms with Crippen molar-refractivity contribution in [2.45, 2.75) is 44.6 Å². The summed E-state index contributed by atoms with van der Waals surface area (Å²) in [4.78, 5) is 16.3. The van der Waals surface area contributed by atoms with E-state index in [0.29, 0.717) is 5.69 Å². The number of rotatable bonds is 2. The van der Waals surface area contributed by atoms with Gasteiger partial charge in [-0.25, -0.2) is 0 Å². The van der Waals surface area contributed by atoms with Gasteiger partial charge < -0.3 is 10.3 Å². The third-order valence-electron chi connectivity index (χ3n) is 5.52. The SMILES string of the molecule is O=C(N[C@H]1CCCc2c1[nH]c1c(Cl)cccc21)c1n[nH]c2c1CCC2. The van der Waals surface area contributed by atoms with E-state index in [0.717, 1.165) is 66.0 Å². The largest absolute Gasteiger partial charge is 0.355 e. The van der Waals surface area contributed by atoms with Crippen molar-refractivity contribution in [2.75, 3.05) is 0 Å². The maximum absolute atomic E-state index is 12.8. The lowest BCUT2D eigenvalue weighted by Gasteiger charge is -2.23. The molecular weight excluding hydrogens is 336 g/mol. The summed E-state index contributed by atoms with van der Waals surface area (Å²) >= 11 is 6.34. The molecule has 2 aliphatic rings. The standard InChI is InChI=1S/C19H19ClN4O/c20-13-7-1-4-10-11-5-2-9-15(17(11)22-16(10)13)21-19(25)18-12-6-3-8-14(12)23-24-18/h1,4,7,15,22H,2-3,5-6,8-9H2,(H,21,25)(H,23,24)/t15-/m0/s1. The van der Waals surface area contributed by atoms with Crippen LogP contribution in [-0.2, 0) is 19.3 Å². The van der Waals surface area contributed by atoms with Crippen LogP contribution < -0.4 is 5.32 Å². The number of hydrogen-bond donors (Lipinski definition) is 3. The average Bonchev–Trinajstić information content (AvgIpc) is 3.29. The van der Waals surface area contributed by atoms with Crippen LogP contribution in [0.3, 0.4) is 0 Å². The Hall–Kier alpha value is -2.27. The van der Waals surface area contributed by atoms with Gasteiger partial charge in [0.25, 0.3) is 5.91 Å². The summed E-state index contributed by atoms with van der Waals surface area (Å²) < 4.78 is 0. The molecule has 0 aliphatic heterocycles. The summed E-state index contributed by atoms with van der Waals surface area (Å²) in [5.74, 6) is -0.0815. The van der Waals surface area contributed by atoms with Gasteiger partial charge in [-0.15, -0.1) is 0 Å². The molecule has 5 rings (SSSR count). The van der Waals surface area contributed by atoms with E-state index in [1.54, 1.807) is 0 Å². The zero-order valence-corrected chi connectivity index (χ0v) is 14.5. The molecule has 0 unspecified atom stereocenters. The predicted molar refractivity (Wildman–Crippen MR) is 97.1 cm³/mol. The molecule has 0 fully saturated rings. The van der Waals surface area contributed by atoms with Crippen LogP contribution in [0.5, 0.6) is 0 Å². The van der Waals surface area contributed by atoms with E-state index in [1.165, 1.54) is 10.9 Å². The normalized spacial score (nSPS) is 19.0. The Morgan fingerprint density at radius 2 is 2.08 bits per heavy atom. The van der Waals surface area contributed by atoms with Crippen molar-refractivity contribution in [1.29, 1.82) is 0 Å². The van der Waals surface area contributed by atoms with Gasteiger partial charge in [0.2, 0.25) is 0 Å². The lowest BCUT2D eigenvalue weighted by atomic mass is 9.91. The number of benzene rings is 1. The monoisotopic (exact) mass is 354 g/mol. The summed E-state index contributed by atoms with van der Waals surface area (Å²) in [7, 11) is 0. The summed E-state index contributed by atoms with van der Waals surface area (Å²) in [6, 6.07) is 5.95. The first-order valence-electron chi connectivity index (χ1n) is 8.88. The van der Waals surface area contributed by atoms with Gasteiger partial charge in [0, 0.05) is 22.3 Å². The lowest BCUT2D eigenvalue weighted by molar-refractivity contribution is 0.0926. The second-order valence-corrected chi connectivity index (χ2v) is 7.39. The van der Waals surface area contributed by atoms with Gasteiger partial charge >= 0.3 is 0 Å². The molecule has 0 saturated heterocycles. The minimum Gasteiger partial charge on any atom is -0.355 e. The first kappa shape index (κ1) is 15.0. The van der Waals surface area contributed by atoms with E-state index in [4.69, 9.17) is 11.6 Å². The van der Waals surface area contributed by atoms with Gasteiger partial charge in [-0.3, -0.25) is 9.89 Å². The number of aryl methyl sites for hydroxylation is 2. The highest BCUT2D eigenvalue weighted by atomic mass is 35.5. The fraction of sp³-hybridized carbons (Fsp3) is 0.368. The zero-order valence-electron chi connectivity index (χ0n) is 13.8. The Bertz CT molecular complexity index is 987. The Balaban J connectivity index is 1.49. The fourth-order valence-electron chi connectivity index (χ4n) is 4.33. The first-order chi connectivity index (χ1) is 12.2. The molecule has 2 heterocycles. The number of hydrogen-bond acceptors (Lipinski definition) is 2. The molecule has 128 valence electrons. The molecule has 3 aromatic rings. The molecule has 2 aromatic heterocycles. The number of halogens is 1. The number of carbonyl (C=O) groups is 1. The molecule has 5 nitrogen and oxygen atoms in total. The Morgan fingerprint density at radius 1 is 1.20 bits per heavy atom. The Kier molecular flexibility index (Phi) is 3.38. The number of nitrogens with one attached hydrogen (secondary N) is 3. The van der Waals surface area contributed by atoms with Crippen molar-refractivity contribution >= 4 is 28.4 Å². The topological polar surface area (TPSA) is 73.6 Å². The highest BCUT2D eigenvalue weighted by molar-refractivity contribution is 6.35. The molecule has 0 saturated carbocycles. The van der Waals surface area contributed by atoms with Crippen LogP contribution in [0.2, 0.25) is 5.02 Å². The lowest BCUT2D eigenvalue weighted by Crippen LogP contribution is -2.31. The highest BCUT2D eigenvalue weighted by Crippen LogP contribution is 2.37. The van der Waals surface area contributed by atoms with Crippen molar-refractivity contribution in [1.82, 2.24) is 20.5 Å². The average molecular weight is 355 g/mol. The number of fused-ring (bicyclic) bond motifs is 4. The van der Waals surface area contributed by atoms with Gasteiger partial charge in [0.1, 0.15) is 0 Å². The third-order valence-corrected chi connectivity index (χ3v) is 5.83. The number of nitrogens with zero attached hydrogens (tertiary/aromatic N) is 1. The van der Waals surface area contributed by atoms with Crippen LogP contribution in [0.1, 0.15) is 58.3 Å². The van der Waals surface area contributed by atoms with E-state index in [2.05, 4.69) is 26.6 Å². The smallest absolute Gasteiger partial charge is 0.272 e. The van der Waals surface area contributed by atoms with Gasteiger partial charge in [0.05, 0.1) is 16.6 Å². The number of carbonyl (C=O) groups excluding carboxylic acids is 1. The van der Waals surface area contributed by atoms with Crippen LogP contribution >= 0.6 is 11.6 Å². The van der Waals surface area contributed by atoms with Gasteiger partial charge in [-0.1, -0.05) is 23.7 Å². The molecule has 2 aliphatic carbocycles. The highest BCUT2D eigenvalue weighted by Gasteiger charge is 2.29. The molecule has 3 N–H and O–H groups in total. The molecule has 0 bridgehead atoms. The van der Waals surface area contributed by atoms with Crippen LogP contribution in [0.4, 0.5) is 0 Å². The van der Waals surface area contributed by atoms with E-state index in [-0.39, 0.29) is 11.9 Å². The fourth-order valence-corrected chi connectivity index (χ4v) is 4.55. The minimum absolute atomic E-state index is 0.0199. The number of aromatic nitrogens is 3. The summed E-state index contributed by atoms with van der Waals surface area (Å²) in [5, 5.41) is 12.3. The van der Waals surface area contributed by atoms with Crippen LogP contribution in [0.25, 0.3) is 10.9 Å². The molecule has 25 heavy (non-hydrogen) atoms. The Morgan fingerprint density at radius 3 is 3.00 bits per heavy atom. The van der Waals surface area contributed by atoms with E-state index >= 15 is 0 Å². The summed E-state index contributed by atoms with van der Waals surface area (Å²) in [6.45, 7) is 0. The van der Waals surface area contributed by atoms with Crippen LogP contribution in [-0.4, -0.2) is 21.1 Å². The van der Waals surface area contributed by atoms with Gasteiger partial charge in [0.15, 0.2) is 5.69 Å². The molecular formula is C19H19ClN4O. The maximum atomic E-state index is 12.8. The molecule has 0 radical (unpaired) electrons. The number of aromatic amines is 2. The van der Waals surface area contributed by atoms with Crippen LogP contribution in [0, 0.1) is 0 Å². The second kappa shape index (κ2) is 5.63. The molecule has 1 aromatic carbocycles. The molecule has 1 amide bonds. The quantitative estimate of drug-likeness (QED) is 0.654. The van der Waals surface area contributed by atoms with Crippen molar-refractivity contribution in [2.24, 2.45) is 0 Å². The molecule has 6 heteroatoms. The summed E-state index contributed by atoms with van der Waals surface area (Å²) in [6.07, 6.45) is 6.01. The van der Waals surface area contributed by atoms with Crippen molar-refractivity contribution in [3.05, 3.63) is 51.4 Å². The zero-order chi connectivity index (χ0) is 17.0. The van der Waals surface area contributed by atoms with Crippen molar-refractivity contribution in [3.63, 3.8) is 0 Å². The third kappa shape index (κ3) is 2.29. The van der Waals surface area contributed by atoms with E-state index < -0.39 is 0 Å². The van der Waals surface area contributed by atoms with Crippen molar-refractivity contribution in [3.8, 4) is 0 Å². The number of H-pyrrole nitrogens is 2. The van der Waals surface area contributed by atoms with Crippen LogP contribution in [0.15, 0.2) is 18.2 Å². The second-order valence-electron chi connectivity index (χ2n) is 6.98. The molecule has 0 spiro atoms. The summed E-state index contributed by atoms with van der Waals surface area (Å²) in [5.41, 5.74) is 6.11. The van der Waals surface area contributed by atoms with Gasteiger partial charge in [-0.2, -0.15) is 5.10 Å². The predicted octanol–water partition coefficient (Wildman–Crippen LogP) is 3.84. The Labute approximate surface area is 150 Å². The first-order valence-corrected chi connectivity index (χ1v) is 9.26. The number of para-hydroxylation sites is 1. The maximum Gasteiger partial charge on any atom is 0.272 e.